The lowest BCUT2D eigenvalue weighted by atomic mass is 9.87. The lowest BCUT2D eigenvalue weighted by Gasteiger charge is -2.17. The molecule has 0 spiro atoms. The highest BCUT2D eigenvalue weighted by Gasteiger charge is 2.16. The number of Topliss-reactive ketones (excluding diaryl/α,β-unsaturated/α-hetero) is 2. The van der Waals surface area contributed by atoms with Gasteiger partial charge in [-0.2, -0.15) is 0 Å². The molecular weight excluding hydrogens is 260 g/mol. The third-order valence-corrected chi connectivity index (χ3v) is 2.64. The van der Waals surface area contributed by atoms with Crippen LogP contribution in [0.4, 0.5) is 0 Å². The van der Waals surface area contributed by atoms with Crippen molar-refractivity contribution in [1.82, 2.24) is 0 Å². The van der Waals surface area contributed by atoms with Crippen LogP contribution >= 0.6 is 0 Å². The Morgan fingerprint density at radius 2 is 0.952 bits per heavy atom. The molecule has 0 saturated carbocycles. The molecule has 0 fully saturated rings. The van der Waals surface area contributed by atoms with Crippen LogP contribution in [0.1, 0.15) is 88.0 Å². The molecule has 0 aromatic rings. The lowest BCUT2D eigenvalue weighted by Crippen LogP contribution is -2.14. The molecule has 2 heteroatoms. The quantitative estimate of drug-likeness (QED) is 0.605. The molecule has 0 radical (unpaired) electrons. The lowest BCUT2D eigenvalue weighted by molar-refractivity contribution is -0.121. The van der Waals surface area contributed by atoms with E-state index < -0.39 is 0 Å². The number of rotatable bonds is 7. The Morgan fingerprint density at radius 1 is 0.667 bits per heavy atom. The predicted octanol–water partition coefficient (Wildman–Crippen LogP) is 5.69. The van der Waals surface area contributed by atoms with Crippen LogP contribution in [0.2, 0.25) is 0 Å². The van der Waals surface area contributed by atoms with E-state index in [9.17, 15) is 9.59 Å². The Bertz CT molecular complexity index is 281. The SMILES string of the molecule is CC(C)CC(=O)CC(C)(C)C.CC(C)CC(=O)CC(C)C. The first kappa shape index (κ1) is 22.6. The van der Waals surface area contributed by atoms with Gasteiger partial charge in [-0.3, -0.25) is 9.59 Å². The van der Waals surface area contributed by atoms with Crippen molar-refractivity contribution in [3.8, 4) is 0 Å². The second-order valence-corrected chi connectivity index (χ2v) is 8.61. The van der Waals surface area contributed by atoms with E-state index in [1.54, 1.807) is 0 Å². The van der Waals surface area contributed by atoms with E-state index in [4.69, 9.17) is 0 Å². The van der Waals surface area contributed by atoms with Gasteiger partial charge in [-0.1, -0.05) is 62.3 Å². The molecule has 0 atom stereocenters. The largest absolute Gasteiger partial charge is 0.300 e. The molecule has 0 aliphatic carbocycles. The molecule has 126 valence electrons. The average Bonchev–Trinajstić information content (AvgIpc) is 2.09. The Hall–Kier alpha value is -0.660. The van der Waals surface area contributed by atoms with E-state index in [-0.39, 0.29) is 5.41 Å². The number of ketones is 2. The van der Waals surface area contributed by atoms with E-state index in [0.29, 0.717) is 35.7 Å². The first-order valence-corrected chi connectivity index (χ1v) is 8.36. The summed E-state index contributed by atoms with van der Waals surface area (Å²) in [6.45, 7) is 18.8. The first-order valence-electron chi connectivity index (χ1n) is 8.36. The van der Waals surface area contributed by atoms with Gasteiger partial charge in [0.25, 0.3) is 0 Å². The topological polar surface area (TPSA) is 34.1 Å². The fraction of sp³-hybridized carbons (Fsp3) is 0.895. The van der Waals surface area contributed by atoms with Crippen molar-refractivity contribution < 1.29 is 9.59 Å². The molecular formula is C19H38O2. The van der Waals surface area contributed by atoms with Crippen molar-refractivity contribution >= 4 is 11.6 Å². The van der Waals surface area contributed by atoms with Crippen LogP contribution in [0.25, 0.3) is 0 Å². The molecule has 2 nitrogen and oxygen atoms in total. The van der Waals surface area contributed by atoms with Crippen LogP contribution in [0, 0.1) is 23.2 Å². The minimum Gasteiger partial charge on any atom is -0.300 e. The van der Waals surface area contributed by atoms with Crippen LogP contribution in [0.15, 0.2) is 0 Å². The summed E-state index contributed by atoms with van der Waals surface area (Å²) in [5.41, 5.74) is 0.159. The monoisotopic (exact) mass is 298 g/mol. The minimum absolute atomic E-state index is 0.159. The van der Waals surface area contributed by atoms with Crippen molar-refractivity contribution in [2.75, 3.05) is 0 Å². The fourth-order valence-corrected chi connectivity index (χ4v) is 2.11. The van der Waals surface area contributed by atoms with E-state index in [2.05, 4.69) is 62.3 Å². The molecule has 0 amide bonds. The maximum atomic E-state index is 11.3. The maximum Gasteiger partial charge on any atom is 0.133 e. The Labute approximate surface area is 133 Å². The van der Waals surface area contributed by atoms with Crippen LogP contribution in [0.5, 0.6) is 0 Å². The van der Waals surface area contributed by atoms with E-state index in [1.807, 2.05) is 0 Å². The summed E-state index contributed by atoms with van der Waals surface area (Å²) >= 11 is 0. The first-order chi connectivity index (χ1) is 9.33. The predicted molar refractivity (Wildman–Crippen MR) is 92.5 cm³/mol. The molecule has 0 heterocycles. The molecule has 0 aromatic carbocycles. The zero-order valence-corrected chi connectivity index (χ0v) is 15.9. The summed E-state index contributed by atoms with van der Waals surface area (Å²) < 4.78 is 0. The van der Waals surface area contributed by atoms with Gasteiger partial charge in [0.2, 0.25) is 0 Å². The minimum atomic E-state index is 0.159. The summed E-state index contributed by atoms with van der Waals surface area (Å²) in [7, 11) is 0. The van der Waals surface area contributed by atoms with Crippen LogP contribution in [-0.2, 0) is 9.59 Å². The zero-order valence-electron chi connectivity index (χ0n) is 15.9. The maximum absolute atomic E-state index is 11.3. The van der Waals surface area contributed by atoms with E-state index >= 15 is 0 Å². The van der Waals surface area contributed by atoms with Crippen LogP contribution in [-0.4, -0.2) is 11.6 Å². The van der Waals surface area contributed by atoms with Crippen molar-refractivity contribution in [3.63, 3.8) is 0 Å². The highest BCUT2D eigenvalue weighted by atomic mass is 16.1. The number of carbonyl (C=O) groups is 2. The Morgan fingerprint density at radius 3 is 1.19 bits per heavy atom. The van der Waals surface area contributed by atoms with Gasteiger partial charge in [0.05, 0.1) is 0 Å². The van der Waals surface area contributed by atoms with Gasteiger partial charge in [0.1, 0.15) is 11.6 Å². The van der Waals surface area contributed by atoms with Crippen molar-refractivity contribution in [1.29, 1.82) is 0 Å². The van der Waals surface area contributed by atoms with Gasteiger partial charge in [-0.15, -0.1) is 0 Å². The summed E-state index contributed by atoms with van der Waals surface area (Å²) in [4.78, 5) is 22.3. The van der Waals surface area contributed by atoms with Gasteiger partial charge in [-0.25, -0.2) is 0 Å². The van der Waals surface area contributed by atoms with Crippen molar-refractivity contribution in [3.05, 3.63) is 0 Å². The Kier molecular flexibility index (Phi) is 11.8. The fourth-order valence-electron chi connectivity index (χ4n) is 2.11. The third-order valence-electron chi connectivity index (χ3n) is 2.64. The van der Waals surface area contributed by atoms with Gasteiger partial charge < -0.3 is 0 Å². The average molecular weight is 299 g/mol. The smallest absolute Gasteiger partial charge is 0.133 e. The van der Waals surface area contributed by atoms with Gasteiger partial charge >= 0.3 is 0 Å². The highest BCUT2D eigenvalue weighted by molar-refractivity contribution is 5.79. The molecule has 0 aliphatic heterocycles. The van der Waals surface area contributed by atoms with Crippen molar-refractivity contribution in [2.45, 2.75) is 88.0 Å². The summed E-state index contributed by atoms with van der Waals surface area (Å²) in [5.74, 6) is 2.35. The number of carbonyl (C=O) groups excluding carboxylic acids is 2. The second kappa shape index (κ2) is 11.0. The Balaban J connectivity index is 0. The van der Waals surface area contributed by atoms with Crippen LogP contribution < -0.4 is 0 Å². The number of hydrogen-bond acceptors (Lipinski definition) is 2. The van der Waals surface area contributed by atoms with Gasteiger partial charge in [0.15, 0.2) is 0 Å². The molecule has 0 saturated heterocycles. The summed E-state index contributed by atoms with van der Waals surface area (Å²) in [6.07, 6.45) is 2.94. The summed E-state index contributed by atoms with van der Waals surface area (Å²) in [5, 5.41) is 0. The van der Waals surface area contributed by atoms with E-state index in [1.165, 1.54) is 0 Å². The second-order valence-electron chi connectivity index (χ2n) is 8.61. The third kappa shape index (κ3) is 21.8. The standard InChI is InChI=1S/C10H20O.C9H18O/c1-8(2)6-9(11)7-10(3,4)5;1-7(2)5-9(10)6-8(3)4/h8H,6-7H2,1-5H3;7-8H,5-6H2,1-4H3. The van der Waals surface area contributed by atoms with Gasteiger partial charge in [0, 0.05) is 25.7 Å². The molecule has 0 aromatic heterocycles. The highest BCUT2D eigenvalue weighted by Crippen LogP contribution is 2.20. The molecule has 0 N–H and O–H groups in total. The molecule has 21 heavy (non-hydrogen) atoms. The molecule has 0 unspecified atom stereocenters. The van der Waals surface area contributed by atoms with Gasteiger partial charge in [-0.05, 0) is 23.2 Å². The zero-order chi connectivity index (χ0) is 17.2. The molecule has 0 aliphatic rings. The molecule has 0 rings (SSSR count). The molecule has 0 bridgehead atoms. The summed E-state index contributed by atoms with van der Waals surface area (Å²) in [6, 6.07) is 0. The van der Waals surface area contributed by atoms with Crippen LogP contribution in [0.3, 0.4) is 0 Å². The normalized spacial score (nSPS) is 11.6. The van der Waals surface area contributed by atoms with E-state index in [0.717, 1.165) is 19.3 Å². The van der Waals surface area contributed by atoms with Crippen molar-refractivity contribution in [2.24, 2.45) is 23.2 Å². The number of hydrogen-bond donors (Lipinski definition) is 0.